The molecule has 0 heterocycles. The largest absolute Gasteiger partial charge is 0.471 e. The van der Waals surface area contributed by atoms with Gasteiger partial charge in [0.2, 0.25) is 10.0 Å². The van der Waals surface area contributed by atoms with Crippen LogP contribution in [0.5, 0.6) is 5.75 Å². The zero-order chi connectivity index (χ0) is 17.7. The molecule has 2 amide bonds. The van der Waals surface area contributed by atoms with Crippen LogP contribution >= 0.6 is 11.6 Å². The summed E-state index contributed by atoms with van der Waals surface area (Å²) >= 11 is 5.78. The molecule has 7 nitrogen and oxygen atoms in total. The number of amides is 2. The molecular weight excluding hydrogens is 354 g/mol. The number of anilines is 1. The second-order valence-corrected chi connectivity index (χ2v) is 6.88. The van der Waals surface area contributed by atoms with Gasteiger partial charge in [0, 0.05) is 10.7 Å². The van der Waals surface area contributed by atoms with Crippen LogP contribution in [0, 0.1) is 0 Å². The highest BCUT2D eigenvalue weighted by molar-refractivity contribution is 7.89. The summed E-state index contributed by atoms with van der Waals surface area (Å²) in [6.45, 7) is 1.66. The number of urea groups is 1. The molecule has 4 N–H and O–H groups in total. The fourth-order valence-corrected chi connectivity index (χ4v) is 2.47. The van der Waals surface area contributed by atoms with E-state index in [2.05, 4.69) is 10.6 Å². The average Bonchev–Trinajstić information content (AvgIpc) is 2.49. The predicted octanol–water partition coefficient (Wildman–Crippen LogP) is 2.53. The fraction of sp³-hybridized carbons (Fsp3) is 0.133. The van der Waals surface area contributed by atoms with Crippen LogP contribution < -0.4 is 20.5 Å². The zero-order valence-corrected chi connectivity index (χ0v) is 14.3. The molecule has 24 heavy (non-hydrogen) atoms. The first kappa shape index (κ1) is 18.1. The monoisotopic (exact) mass is 369 g/mol. The normalized spacial score (nSPS) is 12.3. The van der Waals surface area contributed by atoms with Crippen LogP contribution in [0.1, 0.15) is 6.92 Å². The van der Waals surface area contributed by atoms with Crippen LogP contribution in [-0.2, 0) is 10.0 Å². The second-order valence-electron chi connectivity index (χ2n) is 4.88. The molecule has 0 bridgehead atoms. The average molecular weight is 370 g/mol. The molecule has 2 aromatic carbocycles. The number of sulfonamides is 1. The zero-order valence-electron chi connectivity index (χ0n) is 12.7. The minimum absolute atomic E-state index is 0.0344. The lowest BCUT2D eigenvalue weighted by atomic mass is 10.3. The van der Waals surface area contributed by atoms with Crippen LogP contribution in [0.25, 0.3) is 0 Å². The molecule has 0 aromatic heterocycles. The Morgan fingerprint density at radius 2 is 1.71 bits per heavy atom. The first-order chi connectivity index (χ1) is 11.2. The van der Waals surface area contributed by atoms with E-state index >= 15 is 0 Å². The molecule has 0 aliphatic rings. The van der Waals surface area contributed by atoms with Gasteiger partial charge in [-0.3, -0.25) is 0 Å². The van der Waals surface area contributed by atoms with E-state index in [1.807, 2.05) is 0 Å². The van der Waals surface area contributed by atoms with Gasteiger partial charge in [-0.25, -0.2) is 18.4 Å². The number of nitrogens with two attached hydrogens (primary N) is 1. The molecule has 2 rings (SSSR count). The maximum atomic E-state index is 11.9. The summed E-state index contributed by atoms with van der Waals surface area (Å²) in [5.41, 5.74) is 0.415. The highest BCUT2D eigenvalue weighted by atomic mass is 35.5. The van der Waals surface area contributed by atoms with Crippen molar-refractivity contribution in [2.24, 2.45) is 5.14 Å². The van der Waals surface area contributed by atoms with Crippen molar-refractivity contribution in [1.29, 1.82) is 0 Å². The van der Waals surface area contributed by atoms with E-state index in [1.54, 1.807) is 31.2 Å². The summed E-state index contributed by atoms with van der Waals surface area (Å²) < 4.78 is 27.8. The van der Waals surface area contributed by atoms with E-state index in [0.29, 0.717) is 16.5 Å². The Morgan fingerprint density at radius 3 is 2.25 bits per heavy atom. The van der Waals surface area contributed by atoms with Crippen molar-refractivity contribution in [2.45, 2.75) is 18.0 Å². The van der Waals surface area contributed by atoms with Gasteiger partial charge in [-0.05, 0) is 55.5 Å². The third-order valence-corrected chi connectivity index (χ3v) is 4.08. The maximum Gasteiger partial charge on any atom is 0.322 e. The van der Waals surface area contributed by atoms with Crippen LogP contribution in [0.3, 0.4) is 0 Å². The number of rotatable bonds is 5. The highest BCUT2D eigenvalue weighted by Crippen LogP contribution is 2.16. The standard InChI is InChI=1S/C15H16ClN3O4S/c1-10(23-13-6-2-11(16)3-7-13)18-15(20)19-12-4-8-14(9-5-12)24(17,21)22/h2-10H,1H3,(H2,17,21,22)(H2,18,19,20). The number of ether oxygens (including phenoxy) is 1. The summed E-state index contributed by atoms with van der Waals surface area (Å²) in [6, 6.07) is 11.7. The summed E-state index contributed by atoms with van der Waals surface area (Å²) in [6.07, 6.45) is -0.588. The Labute approximate surface area is 144 Å². The van der Waals surface area contributed by atoms with E-state index < -0.39 is 22.3 Å². The smallest absolute Gasteiger partial charge is 0.322 e. The van der Waals surface area contributed by atoms with Gasteiger partial charge in [-0.1, -0.05) is 11.6 Å². The maximum absolute atomic E-state index is 11.9. The molecule has 0 aliphatic heterocycles. The fourth-order valence-electron chi connectivity index (χ4n) is 1.83. The van der Waals surface area contributed by atoms with E-state index in [0.717, 1.165) is 0 Å². The van der Waals surface area contributed by atoms with Gasteiger partial charge in [0.15, 0.2) is 6.23 Å². The Balaban J connectivity index is 1.89. The SMILES string of the molecule is CC(NC(=O)Nc1ccc(S(N)(=O)=O)cc1)Oc1ccc(Cl)cc1. The summed E-state index contributed by atoms with van der Waals surface area (Å²) in [5.74, 6) is 0.560. The molecule has 1 atom stereocenters. The van der Waals surface area contributed by atoms with Gasteiger partial charge < -0.3 is 15.4 Å². The Hall–Kier alpha value is -2.29. The Bertz CT molecular complexity index is 808. The number of hydrogen-bond acceptors (Lipinski definition) is 4. The van der Waals surface area contributed by atoms with E-state index in [-0.39, 0.29) is 4.90 Å². The van der Waals surface area contributed by atoms with Crippen LogP contribution in [0.4, 0.5) is 10.5 Å². The summed E-state index contributed by atoms with van der Waals surface area (Å²) in [7, 11) is -3.76. The van der Waals surface area contributed by atoms with Crippen molar-refractivity contribution in [3.05, 3.63) is 53.6 Å². The Morgan fingerprint density at radius 1 is 1.12 bits per heavy atom. The second kappa shape index (κ2) is 7.52. The van der Waals surface area contributed by atoms with Crippen molar-refractivity contribution in [1.82, 2.24) is 5.32 Å². The molecule has 0 aliphatic carbocycles. The van der Waals surface area contributed by atoms with E-state index in [9.17, 15) is 13.2 Å². The van der Waals surface area contributed by atoms with Gasteiger partial charge in [-0.2, -0.15) is 0 Å². The number of halogens is 1. The van der Waals surface area contributed by atoms with Gasteiger partial charge in [0.05, 0.1) is 4.90 Å². The number of hydrogen-bond donors (Lipinski definition) is 3. The number of benzene rings is 2. The first-order valence-corrected chi connectivity index (χ1v) is 8.79. The minimum Gasteiger partial charge on any atom is -0.471 e. The molecule has 0 radical (unpaired) electrons. The van der Waals surface area contributed by atoms with E-state index in [1.165, 1.54) is 24.3 Å². The van der Waals surface area contributed by atoms with Crippen LogP contribution in [0.2, 0.25) is 5.02 Å². The number of carbonyl (C=O) groups is 1. The molecule has 2 aromatic rings. The lowest BCUT2D eigenvalue weighted by molar-refractivity contribution is 0.183. The van der Waals surface area contributed by atoms with Crippen LogP contribution in [-0.4, -0.2) is 20.7 Å². The third kappa shape index (κ3) is 5.41. The molecule has 0 saturated heterocycles. The number of primary sulfonamides is 1. The molecule has 0 fully saturated rings. The van der Waals surface area contributed by atoms with Crippen molar-refractivity contribution in [3.8, 4) is 5.75 Å². The van der Waals surface area contributed by atoms with E-state index in [4.69, 9.17) is 21.5 Å². The number of carbonyl (C=O) groups excluding carboxylic acids is 1. The quantitative estimate of drug-likeness (QED) is 0.703. The topological polar surface area (TPSA) is 111 Å². The highest BCUT2D eigenvalue weighted by Gasteiger charge is 2.10. The predicted molar refractivity (Wildman–Crippen MR) is 91.5 cm³/mol. The lowest BCUT2D eigenvalue weighted by Gasteiger charge is -2.16. The number of nitrogens with one attached hydrogen (secondary N) is 2. The molecule has 9 heteroatoms. The van der Waals surface area contributed by atoms with Gasteiger partial charge >= 0.3 is 6.03 Å². The molecule has 0 spiro atoms. The Kier molecular flexibility index (Phi) is 5.66. The van der Waals surface area contributed by atoms with Gasteiger partial charge in [0.1, 0.15) is 5.75 Å². The lowest BCUT2D eigenvalue weighted by Crippen LogP contribution is -2.39. The van der Waals surface area contributed by atoms with Gasteiger partial charge in [-0.15, -0.1) is 0 Å². The molecule has 0 saturated carbocycles. The van der Waals surface area contributed by atoms with Crippen molar-refractivity contribution >= 4 is 33.3 Å². The molecular formula is C15H16ClN3O4S. The third-order valence-electron chi connectivity index (χ3n) is 2.90. The summed E-state index contributed by atoms with van der Waals surface area (Å²) in [5, 5.41) is 10.7. The molecule has 1 unspecified atom stereocenters. The van der Waals surface area contributed by atoms with Crippen molar-refractivity contribution in [2.75, 3.05) is 5.32 Å². The van der Waals surface area contributed by atoms with Crippen LogP contribution in [0.15, 0.2) is 53.4 Å². The van der Waals surface area contributed by atoms with Crippen molar-refractivity contribution < 1.29 is 17.9 Å². The van der Waals surface area contributed by atoms with Crippen molar-refractivity contribution in [3.63, 3.8) is 0 Å². The molecule has 128 valence electrons. The summed E-state index contributed by atoms with van der Waals surface area (Å²) in [4.78, 5) is 11.8. The van der Waals surface area contributed by atoms with Gasteiger partial charge in [0.25, 0.3) is 0 Å². The minimum atomic E-state index is -3.76. The first-order valence-electron chi connectivity index (χ1n) is 6.86.